The molecule has 1 amide bonds. The number of likely N-dealkylation sites (N-methyl/N-ethyl adjacent to an activating group) is 1. The van der Waals surface area contributed by atoms with Crippen molar-refractivity contribution in [2.24, 2.45) is 0 Å². The Bertz CT molecular complexity index is 749. The molecule has 1 aliphatic heterocycles. The van der Waals surface area contributed by atoms with E-state index >= 15 is 0 Å². The molecule has 1 aliphatic rings. The molecule has 1 aromatic rings. The highest BCUT2D eigenvalue weighted by atomic mass is 79.9. The number of amides is 1. The van der Waals surface area contributed by atoms with Gasteiger partial charge in [-0.25, -0.2) is 13.2 Å². The molecule has 1 fully saturated rings. The quantitative estimate of drug-likeness (QED) is 0.591. The lowest BCUT2D eigenvalue weighted by atomic mass is 10.2. The number of halogens is 1. The van der Waals surface area contributed by atoms with Crippen molar-refractivity contribution >= 4 is 37.6 Å². The zero-order chi connectivity index (χ0) is 19.3. The lowest BCUT2D eigenvalue weighted by Crippen LogP contribution is -2.46. The van der Waals surface area contributed by atoms with Crippen LogP contribution < -0.4 is 4.74 Å². The van der Waals surface area contributed by atoms with Gasteiger partial charge in [0.25, 0.3) is 5.91 Å². The van der Waals surface area contributed by atoms with E-state index in [4.69, 9.17) is 9.47 Å². The molecule has 2 unspecified atom stereocenters. The van der Waals surface area contributed by atoms with Gasteiger partial charge in [-0.1, -0.05) is 15.9 Å². The molecule has 0 bridgehead atoms. The van der Waals surface area contributed by atoms with Gasteiger partial charge in [0.2, 0.25) is 0 Å². The van der Waals surface area contributed by atoms with Crippen molar-refractivity contribution < 1.29 is 27.5 Å². The molecule has 0 aromatic heterocycles. The van der Waals surface area contributed by atoms with Crippen molar-refractivity contribution in [1.82, 2.24) is 4.90 Å². The number of ether oxygens (including phenoxy) is 2. The molecule has 0 aliphatic carbocycles. The smallest absolute Gasteiger partial charge is 0.344 e. The predicted molar refractivity (Wildman–Crippen MR) is 99.6 cm³/mol. The van der Waals surface area contributed by atoms with Crippen LogP contribution in [-0.2, 0) is 24.2 Å². The number of rotatable bonds is 7. The first-order chi connectivity index (χ1) is 12.2. The number of benzene rings is 1. The van der Waals surface area contributed by atoms with Gasteiger partial charge in [0.15, 0.2) is 22.5 Å². The monoisotopic (exact) mass is 447 g/mol. The number of hydrogen-bond acceptors (Lipinski definition) is 6. The van der Waals surface area contributed by atoms with E-state index in [9.17, 15) is 18.0 Å². The third kappa shape index (κ3) is 5.70. The van der Waals surface area contributed by atoms with E-state index < -0.39 is 27.8 Å². The third-order valence-corrected chi connectivity index (χ3v) is 6.38. The molecular formula is C17H22BrNO6S. The topological polar surface area (TPSA) is 90.0 Å². The normalized spacial score (nSPS) is 19.6. The molecule has 2 rings (SSSR count). The highest BCUT2D eigenvalue weighted by Gasteiger charge is 2.36. The minimum absolute atomic E-state index is 0.0417. The van der Waals surface area contributed by atoms with E-state index in [1.165, 1.54) is 11.8 Å². The Kier molecular flexibility index (Phi) is 7.05. The van der Waals surface area contributed by atoms with E-state index in [0.717, 1.165) is 4.47 Å². The molecule has 144 valence electrons. The van der Waals surface area contributed by atoms with Crippen LogP contribution >= 0.6 is 15.9 Å². The Labute approximate surface area is 161 Å². The lowest BCUT2D eigenvalue weighted by molar-refractivity contribution is -0.161. The number of hydrogen-bond donors (Lipinski definition) is 0. The van der Waals surface area contributed by atoms with Crippen molar-refractivity contribution in [2.75, 3.05) is 24.7 Å². The zero-order valence-corrected chi connectivity index (χ0v) is 17.1. The molecule has 2 atom stereocenters. The summed E-state index contributed by atoms with van der Waals surface area (Å²) in [5.41, 5.74) is 0. The van der Waals surface area contributed by atoms with Crippen molar-refractivity contribution in [3.8, 4) is 5.75 Å². The number of carbonyl (C=O) groups is 2. The van der Waals surface area contributed by atoms with E-state index in [1.54, 1.807) is 31.2 Å². The van der Waals surface area contributed by atoms with E-state index in [2.05, 4.69) is 15.9 Å². The molecule has 26 heavy (non-hydrogen) atoms. The molecule has 0 radical (unpaired) electrons. The Morgan fingerprint density at radius 2 is 1.96 bits per heavy atom. The first kappa shape index (κ1) is 20.7. The summed E-state index contributed by atoms with van der Waals surface area (Å²) in [5.74, 6) is -0.512. The molecule has 0 N–H and O–H groups in total. The number of carbonyl (C=O) groups excluding carboxylic acids is 2. The zero-order valence-electron chi connectivity index (χ0n) is 14.7. The second-order valence-electron chi connectivity index (χ2n) is 6.06. The average Bonchev–Trinajstić information content (AvgIpc) is 2.94. The van der Waals surface area contributed by atoms with Crippen LogP contribution in [0.15, 0.2) is 28.7 Å². The molecule has 1 saturated heterocycles. The van der Waals surface area contributed by atoms with Gasteiger partial charge in [0, 0.05) is 17.1 Å². The van der Waals surface area contributed by atoms with Crippen LogP contribution in [0.4, 0.5) is 0 Å². The summed E-state index contributed by atoms with van der Waals surface area (Å²) in [6.45, 7) is 3.29. The SMILES string of the molecule is CCN(C(=O)C(C)OC(=O)COc1ccc(Br)cc1)C1CCS(=O)(=O)C1. The first-order valence-electron chi connectivity index (χ1n) is 8.30. The van der Waals surface area contributed by atoms with Crippen molar-refractivity contribution in [3.63, 3.8) is 0 Å². The predicted octanol–water partition coefficient (Wildman–Crippen LogP) is 1.80. The second-order valence-corrected chi connectivity index (χ2v) is 9.20. The Balaban J connectivity index is 1.86. The summed E-state index contributed by atoms with van der Waals surface area (Å²) in [6.07, 6.45) is -0.589. The molecular weight excluding hydrogens is 426 g/mol. The molecule has 1 aromatic carbocycles. The van der Waals surface area contributed by atoms with E-state index in [0.29, 0.717) is 18.7 Å². The summed E-state index contributed by atoms with van der Waals surface area (Å²) in [5, 5.41) is 0. The number of sulfone groups is 1. The highest BCUT2D eigenvalue weighted by Crippen LogP contribution is 2.19. The van der Waals surface area contributed by atoms with Gasteiger partial charge >= 0.3 is 5.97 Å². The Morgan fingerprint density at radius 1 is 1.31 bits per heavy atom. The Hall–Kier alpha value is -1.61. The van der Waals surface area contributed by atoms with Crippen LogP contribution in [0.25, 0.3) is 0 Å². The molecule has 0 saturated carbocycles. The van der Waals surface area contributed by atoms with Gasteiger partial charge in [-0.15, -0.1) is 0 Å². The lowest BCUT2D eigenvalue weighted by Gasteiger charge is -2.29. The maximum absolute atomic E-state index is 12.5. The number of nitrogens with zero attached hydrogens (tertiary/aromatic N) is 1. The second kappa shape index (κ2) is 8.85. The third-order valence-electron chi connectivity index (χ3n) is 4.10. The van der Waals surface area contributed by atoms with Crippen LogP contribution in [0.2, 0.25) is 0 Å². The fourth-order valence-corrected chi connectivity index (χ4v) is 4.80. The van der Waals surface area contributed by atoms with Gasteiger partial charge in [0.05, 0.1) is 11.5 Å². The molecule has 1 heterocycles. The van der Waals surface area contributed by atoms with Crippen LogP contribution in [0.1, 0.15) is 20.3 Å². The van der Waals surface area contributed by atoms with Crippen LogP contribution in [0.5, 0.6) is 5.75 Å². The minimum Gasteiger partial charge on any atom is -0.482 e. The van der Waals surface area contributed by atoms with Crippen LogP contribution in [0.3, 0.4) is 0 Å². The fourth-order valence-electron chi connectivity index (χ4n) is 2.80. The van der Waals surface area contributed by atoms with Crippen molar-refractivity contribution in [1.29, 1.82) is 0 Å². The van der Waals surface area contributed by atoms with Gasteiger partial charge < -0.3 is 14.4 Å². The molecule has 9 heteroatoms. The summed E-state index contributed by atoms with van der Waals surface area (Å²) >= 11 is 3.30. The molecule has 7 nitrogen and oxygen atoms in total. The maximum Gasteiger partial charge on any atom is 0.344 e. The van der Waals surface area contributed by atoms with Gasteiger partial charge in [-0.05, 0) is 44.5 Å². The Morgan fingerprint density at radius 3 is 2.50 bits per heavy atom. The van der Waals surface area contributed by atoms with Gasteiger partial charge in [-0.3, -0.25) is 4.79 Å². The number of esters is 1. The maximum atomic E-state index is 12.5. The summed E-state index contributed by atoms with van der Waals surface area (Å²) in [4.78, 5) is 25.9. The van der Waals surface area contributed by atoms with Gasteiger partial charge in [0.1, 0.15) is 5.75 Å². The highest BCUT2D eigenvalue weighted by molar-refractivity contribution is 9.10. The fraction of sp³-hybridized carbons (Fsp3) is 0.529. The van der Waals surface area contributed by atoms with E-state index in [1.807, 2.05) is 0 Å². The minimum atomic E-state index is -3.10. The van der Waals surface area contributed by atoms with Gasteiger partial charge in [-0.2, -0.15) is 0 Å². The summed E-state index contributed by atoms with van der Waals surface area (Å²) in [7, 11) is -3.10. The average molecular weight is 448 g/mol. The first-order valence-corrected chi connectivity index (χ1v) is 10.9. The molecule has 0 spiro atoms. The van der Waals surface area contributed by atoms with E-state index in [-0.39, 0.29) is 24.2 Å². The standard InChI is InChI=1S/C17H22BrNO6S/c1-3-19(14-8-9-26(22,23)11-14)17(21)12(2)25-16(20)10-24-15-6-4-13(18)5-7-15/h4-7,12,14H,3,8-11H2,1-2H3. The van der Waals surface area contributed by atoms with Crippen molar-refractivity contribution in [2.45, 2.75) is 32.4 Å². The largest absolute Gasteiger partial charge is 0.482 e. The van der Waals surface area contributed by atoms with Crippen LogP contribution in [0, 0.1) is 0 Å². The van der Waals surface area contributed by atoms with Crippen LogP contribution in [-0.4, -0.2) is 62.0 Å². The van der Waals surface area contributed by atoms with Crippen molar-refractivity contribution in [3.05, 3.63) is 28.7 Å². The summed E-state index contributed by atoms with van der Waals surface area (Å²) in [6, 6.07) is 6.59. The summed E-state index contributed by atoms with van der Waals surface area (Å²) < 4.78 is 34.6.